The Bertz CT molecular complexity index is 1250. The van der Waals surface area contributed by atoms with E-state index in [0.717, 1.165) is 5.56 Å². The predicted octanol–water partition coefficient (Wildman–Crippen LogP) is 5.20. The van der Waals surface area contributed by atoms with E-state index in [9.17, 15) is 9.59 Å². The lowest BCUT2D eigenvalue weighted by molar-refractivity contribution is -0.132. The number of benzene rings is 3. The van der Waals surface area contributed by atoms with Crippen LogP contribution < -0.4 is 20.2 Å². The molecule has 0 aliphatic heterocycles. The predicted molar refractivity (Wildman–Crippen MR) is 146 cm³/mol. The Hall–Kier alpha value is -3.81. The van der Waals surface area contributed by atoms with E-state index in [2.05, 4.69) is 22.4 Å². The lowest BCUT2D eigenvalue weighted by Crippen LogP contribution is -2.50. The van der Waals surface area contributed by atoms with Gasteiger partial charge in [-0.05, 0) is 42.8 Å². The number of halogens is 2. The van der Waals surface area contributed by atoms with Crippen LogP contribution in [0.2, 0.25) is 10.0 Å². The average molecular weight is 540 g/mol. The Morgan fingerprint density at radius 1 is 1.00 bits per heavy atom. The number of carbonyl (C=O) groups is 2. The van der Waals surface area contributed by atoms with Crippen molar-refractivity contribution in [2.75, 3.05) is 6.61 Å². The first kappa shape index (κ1) is 27.8. The second kappa shape index (κ2) is 14.1. The molecule has 0 heterocycles. The van der Waals surface area contributed by atoms with Gasteiger partial charge >= 0.3 is 0 Å². The Morgan fingerprint density at radius 3 is 2.46 bits per heavy atom. The normalized spacial score (nSPS) is 12.4. The summed E-state index contributed by atoms with van der Waals surface area (Å²) in [6, 6.07) is 20.4. The molecule has 0 aliphatic carbocycles. The van der Waals surface area contributed by atoms with Gasteiger partial charge in [-0.15, -0.1) is 0 Å². The smallest absolute Gasteiger partial charge is 0.262 e. The van der Waals surface area contributed by atoms with Gasteiger partial charge in [-0.25, -0.2) is 5.43 Å². The van der Waals surface area contributed by atoms with E-state index in [1.165, 1.54) is 12.3 Å². The maximum Gasteiger partial charge on any atom is 0.262 e. The van der Waals surface area contributed by atoms with Crippen molar-refractivity contribution in [2.24, 2.45) is 5.10 Å². The standard InChI is InChI=1S/C28H27Cl2N3O4/c1-3-15-36-25-12-8-7-11-21(25)18-31-33-28(35)24(16-20-9-5-4-6-10-20)32-27(34)19(2)37-26-14-13-22(29)17-23(26)30/h3-14,17-19,24H,1,15-16H2,2H3,(H,32,34)(H,33,35)/b31-18-/t19-,24+/m1/s1. The van der Waals surface area contributed by atoms with Crippen LogP contribution in [0, 0.1) is 0 Å². The molecule has 7 nitrogen and oxygen atoms in total. The van der Waals surface area contributed by atoms with Gasteiger partial charge in [-0.1, -0.05) is 78.3 Å². The minimum atomic E-state index is -0.929. The maximum atomic E-state index is 13.0. The lowest BCUT2D eigenvalue weighted by Gasteiger charge is -2.21. The maximum absolute atomic E-state index is 13.0. The van der Waals surface area contributed by atoms with Crippen LogP contribution in [0.5, 0.6) is 11.5 Å². The fraction of sp³-hybridized carbons (Fsp3) is 0.179. The van der Waals surface area contributed by atoms with Crippen LogP contribution in [0.15, 0.2) is 90.6 Å². The molecule has 3 aromatic carbocycles. The number of amides is 2. The number of nitrogens with zero attached hydrogens (tertiary/aromatic N) is 1. The van der Waals surface area contributed by atoms with Crippen molar-refractivity contribution in [3.8, 4) is 11.5 Å². The molecule has 2 amide bonds. The number of hydrogen-bond acceptors (Lipinski definition) is 5. The quantitative estimate of drug-likeness (QED) is 0.188. The molecule has 9 heteroatoms. The molecular formula is C28H27Cl2N3O4. The number of ether oxygens (including phenoxy) is 2. The zero-order valence-corrected chi connectivity index (χ0v) is 21.7. The van der Waals surface area contributed by atoms with E-state index >= 15 is 0 Å². The van der Waals surface area contributed by atoms with Crippen molar-refractivity contribution in [1.29, 1.82) is 0 Å². The molecule has 2 N–H and O–H groups in total. The van der Waals surface area contributed by atoms with Crippen LogP contribution in [0.4, 0.5) is 0 Å². The molecule has 0 aliphatic rings. The Morgan fingerprint density at radius 2 is 1.73 bits per heavy atom. The number of rotatable bonds is 12. The number of hydrazone groups is 1. The lowest BCUT2D eigenvalue weighted by atomic mass is 10.1. The molecule has 0 radical (unpaired) electrons. The molecule has 192 valence electrons. The van der Waals surface area contributed by atoms with Crippen molar-refractivity contribution < 1.29 is 19.1 Å². The molecule has 3 aromatic rings. The van der Waals surface area contributed by atoms with Gasteiger partial charge in [-0.2, -0.15) is 5.10 Å². The fourth-order valence-corrected chi connectivity index (χ4v) is 3.73. The molecule has 0 saturated carbocycles. The van der Waals surface area contributed by atoms with E-state index in [0.29, 0.717) is 28.7 Å². The number of para-hydroxylation sites is 1. The molecule has 0 unspecified atom stereocenters. The summed E-state index contributed by atoms with van der Waals surface area (Å²) < 4.78 is 11.3. The molecule has 2 atom stereocenters. The summed E-state index contributed by atoms with van der Waals surface area (Å²) in [7, 11) is 0. The number of hydrogen-bond donors (Lipinski definition) is 2. The van der Waals surface area contributed by atoms with E-state index in [1.807, 2.05) is 42.5 Å². The van der Waals surface area contributed by atoms with Gasteiger partial charge in [0.1, 0.15) is 24.1 Å². The van der Waals surface area contributed by atoms with Crippen LogP contribution in [0.3, 0.4) is 0 Å². The Labute approximate surface area is 226 Å². The summed E-state index contributed by atoms with van der Waals surface area (Å²) in [5.74, 6) is -0.0787. The van der Waals surface area contributed by atoms with Gasteiger partial charge in [0, 0.05) is 17.0 Å². The van der Waals surface area contributed by atoms with Gasteiger partial charge in [0.25, 0.3) is 11.8 Å². The van der Waals surface area contributed by atoms with Crippen molar-refractivity contribution in [2.45, 2.75) is 25.5 Å². The van der Waals surface area contributed by atoms with E-state index in [4.69, 9.17) is 32.7 Å². The van der Waals surface area contributed by atoms with Crippen LogP contribution in [-0.4, -0.2) is 36.8 Å². The Balaban J connectivity index is 1.70. The topological polar surface area (TPSA) is 89.0 Å². The van der Waals surface area contributed by atoms with E-state index in [1.54, 1.807) is 37.3 Å². The number of nitrogens with one attached hydrogen (secondary N) is 2. The summed E-state index contributed by atoms with van der Waals surface area (Å²) in [6.07, 6.45) is 2.44. The first-order valence-electron chi connectivity index (χ1n) is 11.5. The summed E-state index contributed by atoms with van der Waals surface area (Å²) in [6.45, 7) is 5.54. The molecule has 0 saturated heterocycles. The highest BCUT2D eigenvalue weighted by Crippen LogP contribution is 2.28. The molecule has 0 spiro atoms. The summed E-state index contributed by atoms with van der Waals surface area (Å²) in [4.78, 5) is 26.0. The minimum Gasteiger partial charge on any atom is -0.489 e. The van der Waals surface area contributed by atoms with Crippen molar-refractivity contribution in [3.05, 3.63) is 107 Å². The van der Waals surface area contributed by atoms with Crippen molar-refractivity contribution in [1.82, 2.24) is 10.7 Å². The highest BCUT2D eigenvalue weighted by atomic mass is 35.5. The molecule has 0 bridgehead atoms. The fourth-order valence-electron chi connectivity index (χ4n) is 3.27. The molecule has 0 aromatic heterocycles. The van der Waals surface area contributed by atoms with E-state index < -0.39 is 24.0 Å². The second-order valence-corrected chi connectivity index (χ2v) is 8.80. The third kappa shape index (κ3) is 8.66. The SMILES string of the molecule is C=CCOc1ccccc1/C=N\NC(=O)[C@H](Cc1ccccc1)NC(=O)[C@@H](C)Oc1ccc(Cl)cc1Cl. The van der Waals surface area contributed by atoms with Gasteiger partial charge in [0.15, 0.2) is 6.10 Å². The van der Waals surface area contributed by atoms with Gasteiger partial charge in [0.05, 0.1) is 11.2 Å². The largest absolute Gasteiger partial charge is 0.489 e. The second-order valence-electron chi connectivity index (χ2n) is 7.96. The zero-order valence-electron chi connectivity index (χ0n) is 20.2. The zero-order chi connectivity index (χ0) is 26.6. The highest BCUT2D eigenvalue weighted by molar-refractivity contribution is 6.35. The Kier molecular flexibility index (Phi) is 10.6. The van der Waals surface area contributed by atoms with Crippen LogP contribution in [0.1, 0.15) is 18.1 Å². The third-order valence-electron chi connectivity index (χ3n) is 5.14. The van der Waals surface area contributed by atoms with Gasteiger partial charge in [0.2, 0.25) is 0 Å². The first-order valence-corrected chi connectivity index (χ1v) is 12.2. The summed E-state index contributed by atoms with van der Waals surface area (Å²) in [5, 5.41) is 7.54. The highest BCUT2D eigenvalue weighted by Gasteiger charge is 2.25. The minimum absolute atomic E-state index is 0.251. The molecule has 0 fully saturated rings. The first-order chi connectivity index (χ1) is 17.9. The van der Waals surface area contributed by atoms with Crippen LogP contribution in [0.25, 0.3) is 0 Å². The van der Waals surface area contributed by atoms with Gasteiger partial charge in [-0.3, -0.25) is 9.59 Å². The average Bonchev–Trinajstić information content (AvgIpc) is 2.89. The van der Waals surface area contributed by atoms with E-state index in [-0.39, 0.29) is 11.4 Å². The summed E-state index contributed by atoms with van der Waals surface area (Å²) in [5.41, 5.74) is 4.05. The van der Waals surface area contributed by atoms with Crippen LogP contribution in [-0.2, 0) is 16.0 Å². The molecule has 37 heavy (non-hydrogen) atoms. The monoisotopic (exact) mass is 539 g/mol. The summed E-state index contributed by atoms with van der Waals surface area (Å²) >= 11 is 12.1. The van der Waals surface area contributed by atoms with Crippen molar-refractivity contribution in [3.63, 3.8) is 0 Å². The number of carbonyl (C=O) groups excluding carboxylic acids is 2. The van der Waals surface area contributed by atoms with Crippen LogP contribution >= 0.6 is 23.2 Å². The molecule has 3 rings (SSSR count). The van der Waals surface area contributed by atoms with Gasteiger partial charge < -0.3 is 14.8 Å². The third-order valence-corrected chi connectivity index (χ3v) is 5.67. The molecular weight excluding hydrogens is 513 g/mol. The van der Waals surface area contributed by atoms with Crippen molar-refractivity contribution >= 4 is 41.2 Å².